The Hall–Kier alpha value is -2.08. The number of hydrogen-bond acceptors (Lipinski definition) is 0. The molecule has 0 spiro atoms. The van der Waals surface area contributed by atoms with Gasteiger partial charge in [0.1, 0.15) is 0 Å². The van der Waals surface area contributed by atoms with E-state index in [1.165, 1.54) is 78.3 Å². The molecule has 2 aromatic rings. The number of fused-ring (bicyclic) bond motifs is 3. The predicted octanol–water partition coefficient (Wildman–Crippen LogP) is 12.9. The zero-order valence-electron chi connectivity index (χ0n) is 30.6. The van der Waals surface area contributed by atoms with Crippen LogP contribution in [-0.4, -0.2) is 0 Å². The van der Waals surface area contributed by atoms with Gasteiger partial charge in [0.05, 0.1) is 0 Å². The molecule has 0 aromatic heterocycles. The smallest absolute Gasteiger partial charge is 0.0201 e. The summed E-state index contributed by atoms with van der Waals surface area (Å²) in [6, 6.07) is 10.5. The molecule has 0 aliphatic heterocycles. The molecule has 2 unspecified atom stereocenters. The van der Waals surface area contributed by atoms with E-state index in [9.17, 15) is 0 Å². The summed E-state index contributed by atoms with van der Waals surface area (Å²) in [7, 11) is 0. The Labute approximate surface area is 271 Å². The summed E-state index contributed by atoms with van der Waals surface area (Å²) >= 11 is 0. The summed E-state index contributed by atoms with van der Waals surface area (Å²) in [6.07, 6.45) is 12.4. The fourth-order valence-corrected chi connectivity index (χ4v) is 10.3. The van der Waals surface area contributed by atoms with E-state index in [-0.39, 0.29) is 21.7 Å². The van der Waals surface area contributed by atoms with Gasteiger partial charge in [0.25, 0.3) is 0 Å². The second kappa shape index (κ2) is 10.5. The molecule has 4 aliphatic rings. The van der Waals surface area contributed by atoms with E-state index in [4.69, 9.17) is 0 Å². The molecule has 0 amide bonds. The van der Waals surface area contributed by atoms with Gasteiger partial charge in [0.2, 0.25) is 0 Å². The maximum absolute atomic E-state index is 2.75. The van der Waals surface area contributed by atoms with Gasteiger partial charge < -0.3 is 0 Å². The molecule has 0 radical (unpaired) electrons. The van der Waals surface area contributed by atoms with Gasteiger partial charge in [-0.05, 0) is 124 Å². The van der Waals surface area contributed by atoms with Crippen LogP contribution in [0, 0.1) is 42.4 Å². The number of allylic oxidation sites excluding steroid dienone is 4. The van der Waals surface area contributed by atoms with Crippen LogP contribution in [0.2, 0.25) is 0 Å². The predicted molar refractivity (Wildman–Crippen MR) is 192 cm³/mol. The Balaban J connectivity index is 1.64. The van der Waals surface area contributed by atoms with E-state index >= 15 is 0 Å². The first-order valence-electron chi connectivity index (χ1n) is 18.1. The topological polar surface area (TPSA) is 0 Å². The quantitative estimate of drug-likeness (QED) is 0.333. The molecule has 2 aromatic carbocycles. The second-order valence-electron chi connectivity index (χ2n) is 18.9. The van der Waals surface area contributed by atoms with Crippen molar-refractivity contribution < 1.29 is 0 Å². The van der Waals surface area contributed by atoms with E-state index in [1.54, 1.807) is 22.3 Å². The van der Waals surface area contributed by atoms with Crippen molar-refractivity contribution in [3.63, 3.8) is 0 Å². The molecule has 0 saturated heterocycles. The average Bonchev–Trinajstić information content (AvgIpc) is 3.56. The highest BCUT2D eigenvalue weighted by Gasteiger charge is 2.57. The minimum Gasteiger partial charge on any atom is -0.0619 e. The first-order chi connectivity index (χ1) is 20.4. The van der Waals surface area contributed by atoms with E-state index in [0.717, 1.165) is 11.8 Å². The molecule has 6 rings (SSSR count). The Bertz CT molecular complexity index is 1460. The number of aryl methyl sites for hydroxylation is 2. The van der Waals surface area contributed by atoms with Gasteiger partial charge in [-0.25, -0.2) is 0 Å². The van der Waals surface area contributed by atoms with Gasteiger partial charge in [0, 0.05) is 11.3 Å². The lowest BCUT2D eigenvalue weighted by molar-refractivity contribution is 0.162. The van der Waals surface area contributed by atoms with Crippen LogP contribution >= 0.6 is 0 Å². The number of benzene rings is 2. The third-order valence-corrected chi connectivity index (χ3v) is 12.6. The van der Waals surface area contributed by atoms with Crippen molar-refractivity contribution in [1.82, 2.24) is 0 Å². The SMILES string of the molecule is Cc1cc2c(cc1C(C)(C)C)-c1cc(C(C)(C)C)c(C)cc1C2C1(C(C)C)CC(C2CCCCC2)C2=C1C=C(C(C)(C)C)C2. The van der Waals surface area contributed by atoms with Crippen LogP contribution in [-0.2, 0) is 10.8 Å². The highest BCUT2D eigenvalue weighted by atomic mass is 14.6. The maximum atomic E-state index is 2.75. The molecule has 0 heterocycles. The molecular formula is C44H62. The van der Waals surface area contributed by atoms with Crippen LogP contribution in [0.25, 0.3) is 11.1 Å². The minimum absolute atomic E-state index is 0.121. The van der Waals surface area contributed by atoms with Crippen LogP contribution in [0.4, 0.5) is 0 Å². The van der Waals surface area contributed by atoms with Crippen LogP contribution < -0.4 is 0 Å². The lowest BCUT2D eigenvalue weighted by Crippen LogP contribution is -2.36. The van der Waals surface area contributed by atoms with E-state index < -0.39 is 0 Å². The van der Waals surface area contributed by atoms with Crippen molar-refractivity contribution in [2.45, 2.75) is 152 Å². The monoisotopic (exact) mass is 590 g/mol. The lowest BCUT2D eigenvalue weighted by atomic mass is 9.58. The van der Waals surface area contributed by atoms with Gasteiger partial charge >= 0.3 is 0 Å². The largest absolute Gasteiger partial charge is 0.0619 e. The van der Waals surface area contributed by atoms with Crippen LogP contribution in [0.1, 0.15) is 160 Å². The summed E-state index contributed by atoms with van der Waals surface area (Å²) in [5.74, 6) is 2.56. The molecule has 2 atom stereocenters. The Morgan fingerprint density at radius 1 is 0.682 bits per heavy atom. The zero-order valence-corrected chi connectivity index (χ0v) is 30.6. The standard InChI is InChI=1S/C44H62/c1-26(2)44(25-36(29-17-15-14-16-18-29)33-21-30(22-39(33)44)41(5,6)7)40-34-19-27(3)37(42(8,9)10)23-31(34)32-24-38(43(11,12)13)28(4)20-35(32)40/h19-20,22-24,26,29,36,40H,14-18,21,25H2,1-13H3. The molecular weight excluding hydrogens is 528 g/mol. The van der Waals surface area contributed by atoms with E-state index in [2.05, 4.69) is 120 Å². The first-order valence-corrected chi connectivity index (χ1v) is 18.1. The molecule has 0 bridgehead atoms. The first kappa shape index (κ1) is 31.9. The zero-order chi connectivity index (χ0) is 32.1. The molecule has 0 N–H and O–H groups in total. The number of hydrogen-bond donors (Lipinski definition) is 0. The molecule has 238 valence electrons. The molecule has 0 nitrogen and oxygen atoms in total. The normalized spacial score (nSPS) is 24.7. The molecule has 44 heavy (non-hydrogen) atoms. The molecule has 4 aliphatic carbocycles. The van der Waals surface area contributed by atoms with Crippen molar-refractivity contribution in [2.24, 2.45) is 28.6 Å². The van der Waals surface area contributed by atoms with Gasteiger partial charge in [-0.2, -0.15) is 0 Å². The average molecular weight is 591 g/mol. The van der Waals surface area contributed by atoms with Gasteiger partial charge in [-0.15, -0.1) is 0 Å². The number of rotatable bonds is 3. The summed E-state index contributed by atoms with van der Waals surface area (Å²) in [5, 5.41) is 0. The van der Waals surface area contributed by atoms with E-state index in [0.29, 0.717) is 11.8 Å². The third kappa shape index (κ3) is 4.91. The van der Waals surface area contributed by atoms with Crippen molar-refractivity contribution in [3.8, 4) is 11.1 Å². The fraction of sp³-hybridized carbons (Fsp3) is 0.636. The van der Waals surface area contributed by atoms with Crippen molar-refractivity contribution in [3.05, 3.63) is 80.4 Å². The maximum Gasteiger partial charge on any atom is 0.0201 e. The summed E-state index contributed by atoms with van der Waals surface area (Å²) in [6.45, 7) is 31.6. The molecule has 1 saturated carbocycles. The van der Waals surface area contributed by atoms with Crippen LogP contribution in [0.15, 0.2) is 47.1 Å². The minimum atomic E-state index is 0.121. The van der Waals surface area contributed by atoms with Crippen LogP contribution in [0.5, 0.6) is 0 Å². The Kier molecular flexibility index (Phi) is 7.59. The van der Waals surface area contributed by atoms with Gasteiger partial charge in [-0.1, -0.05) is 137 Å². The molecule has 1 fully saturated rings. The summed E-state index contributed by atoms with van der Waals surface area (Å²) in [4.78, 5) is 0. The Morgan fingerprint density at radius 2 is 1.18 bits per heavy atom. The Morgan fingerprint density at radius 3 is 1.61 bits per heavy atom. The van der Waals surface area contributed by atoms with E-state index in [1.807, 2.05) is 5.57 Å². The highest BCUT2D eigenvalue weighted by Crippen LogP contribution is 2.69. The van der Waals surface area contributed by atoms with Crippen molar-refractivity contribution in [2.75, 3.05) is 0 Å². The second-order valence-corrected chi connectivity index (χ2v) is 18.9. The van der Waals surface area contributed by atoms with Gasteiger partial charge in [0.15, 0.2) is 0 Å². The van der Waals surface area contributed by atoms with Crippen LogP contribution in [0.3, 0.4) is 0 Å². The molecule has 0 heteroatoms. The summed E-state index contributed by atoms with van der Waals surface area (Å²) in [5.41, 5.74) is 18.0. The summed E-state index contributed by atoms with van der Waals surface area (Å²) < 4.78 is 0. The fourth-order valence-electron chi connectivity index (χ4n) is 10.3. The van der Waals surface area contributed by atoms with Crippen molar-refractivity contribution >= 4 is 0 Å². The lowest BCUT2D eigenvalue weighted by Gasteiger charge is -2.44. The van der Waals surface area contributed by atoms with Crippen molar-refractivity contribution in [1.29, 1.82) is 0 Å². The third-order valence-electron chi connectivity index (χ3n) is 12.6. The highest BCUT2D eigenvalue weighted by molar-refractivity contribution is 5.83. The van der Waals surface area contributed by atoms with Gasteiger partial charge in [-0.3, -0.25) is 0 Å².